The van der Waals surface area contributed by atoms with E-state index in [1.165, 1.54) is 38.1 Å². The predicted octanol–water partition coefficient (Wildman–Crippen LogP) is 3.38. The minimum atomic E-state index is -3.76. The average molecular weight is 488 g/mol. The van der Waals surface area contributed by atoms with Crippen LogP contribution in [0.15, 0.2) is 33.6 Å². The molecule has 1 saturated heterocycles. The molecule has 1 unspecified atom stereocenters. The van der Waals surface area contributed by atoms with E-state index in [-0.39, 0.29) is 16.7 Å². The third kappa shape index (κ3) is 8.00. The van der Waals surface area contributed by atoms with Crippen LogP contribution < -0.4 is 10.0 Å². The van der Waals surface area contributed by atoms with Gasteiger partial charge in [-0.2, -0.15) is 4.72 Å². The van der Waals surface area contributed by atoms with Crippen molar-refractivity contribution in [1.82, 2.24) is 14.9 Å². The minimum Gasteiger partial charge on any atom is -0.355 e. The number of unbranched alkanes of at least 4 members (excludes halogenated alkanes) is 1. The molecule has 1 amide bonds. The normalized spacial score (nSPS) is 19.3. The molecular formula is C21H34BrN3O3S. The van der Waals surface area contributed by atoms with E-state index in [0.29, 0.717) is 6.54 Å². The van der Waals surface area contributed by atoms with Crippen LogP contribution in [0.3, 0.4) is 0 Å². The molecular weight excluding hydrogens is 454 g/mol. The number of hydrogen-bond donors (Lipinski definition) is 2. The molecule has 29 heavy (non-hydrogen) atoms. The molecule has 0 saturated carbocycles. The van der Waals surface area contributed by atoms with Gasteiger partial charge in [0.15, 0.2) is 0 Å². The summed E-state index contributed by atoms with van der Waals surface area (Å²) in [4.78, 5) is 15.2. The van der Waals surface area contributed by atoms with E-state index in [0.717, 1.165) is 29.8 Å². The average Bonchev–Trinajstić information content (AvgIpc) is 2.66. The first-order chi connectivity index (χ1) is 13.7. The Labute approximate surface area is 184 Å². The summed E-state index contributed by atoms with van der Waals surface area (Å²) in [5.41, 5.74) is 0. The van der Waals surface area contributed by atoms with Gasteiger partial charge in [0.1, 0.15) is 6.04 Å². The van der Waals surface area contributed by atoms with Crippen molar-refractivity contribution in [3.8, 4) is 0 Å². The van der Waals surface area contributed by atoms with Crippen LogP contribution in [-0.4, -0.2) is 51.4 Å². The van der Waals surface area contributed by atoms with Crippen molar-refractivity contribution in [2.75, 3.05) is 26.2 Å². The third-order valence-corrected chi connectivity index (χ3v) is 7.28. The lowest BCUT2D eigenvalue weighted by molar-refractivity contribution is -0.123. The van der Waals surface area contributed by atoms with Gasteiger partial charge >= 0.3 is 0 Å². The SMILES string of the molecule is CC1CCCN(CCCCNC(=O)[C@@H](NS(=O)(=O)c2ccc(Br)cc2)C(C)C)C1. The number of carbonyl (C=O) groups excluding carboxylic acids is 1. The molecule has 1 aromatic carbocycles. The first kappa shape index (κ1) is 24.3. The molecule has 1 fully saturated rings. The van der Waals surface area contributed by atoms with E-state index in [2.05, 4.69) is 37.8 Å². The second kappa shape index (κ2) is 11.4. The zero-order valence-corrected chi connectivity index (χ0v) is 20.1. The second-order valence-electron chi connectivity index (χ2n) is 8.34. The van der Waals surface area contributed by atoms with Crippen LogP contribution in [0.2, 0.25) is 0 Å². The van der Waals surface area contributed by atoms with Crippen molar-refractivity contribution in [3.63, 3.8) is 0 Å². The van der Waals surface area contributed by atoms with Gasteiger partial charge in [0.2, 0.25) is 15.9 Å². The van der Waals surface area contributed by atoms with Crippen molar-refractivity contribution in [2.24, 2.45) is 11.8 Å². The number of nitrogens with zero attached hydrogens (tertiary/aromatic N) is 1. The number of carbonyl (C=O) groups is 1. The number of sulfonamides is 1. The third-order valence-electron chi connectivity index (χ3n) is 5.30. The van der Waals surface area contributed by atoms with E-state index in [1.807, 2.05) is 13.8 Å². The van der Waals surface area contributed by atoms with E-state index in [9.17, 15) is 13.2 Å². The Morgan fingerprint density at radius 1 is 1.24 bits per heavy atom. The lowest BCUT2D eigenvalue weighted by Gasteiger charge is -2.30. The van der Waals surface area contributed by atoms with Crippen LogP contribution in [0.1, 0.15) is 46.5 Å². The zero-order chi connectivity index (χ0) is 21.4. The Morgan fingerprint density at radius 3 is 2.55 bits per heavy atom. The Kier molecular flexibility index (Phi) is 9.59. The Hall–Kier alpha value is -0.960. The number of amides is 1. The van der Waals surface area contributed by atoms with Crippen molar-refractivity contribution < 1.29 is 13.2 Å². The number of likely N-dealkylation sites (tertiary alicyclic amines) is 1. The smallest absolute Gasteiger partial charge is 0.241 e. The topological polar surface area (TPSA) is 78.5 Å². The second-order valence-corrected chi connectivity index (χ2v) is 11.0. The Bertz CT molecular complexity index is 753. The van der Waals surface area contributed by atoms with Crippen LogP contribution in [0.4, 0.5) is 0 Å². The maximum atomic E-state index is 12.6. The number of hydrogen-bond acceptors (Lipinski definition) is 4. The van der Waals surface area contributed by atoms with Gasteiger partial charge in [-0.3, -0.25) is 4.79 Å². The van der Waals surface area contributed by atoms with Gasteiger partial charge in [-0.05, 0) is 74.9 Å². The molecule has 2 rings (SSSR count). The lowest BCUT2D eigenvalue weighted by Crippen LogP contribution is -2.49. The van der Waals surface area contributed by atoms with Crippen LogP contribution >= 0.6 is 15.9 Å². The Morgan fingerprint density at radius 2 is 1.93 bits per heavy atom. The summed E-state index contributed by atoms with van der Waals surface area (Å²) in [6.07, 6.45) is 4.51. The molecule has 0 spiro atoms. The summed E-state index contributed by atoms with van der Waals surface area (Å²) in [6, 6.07) is 5.57. The number of benzene rings is 1. The minimum absolute atomic E-state index is 0.148. The molecule has 164 valence electrons. The highest BCUT2D eigenvalue weighted by Gasteiger charge is 2.28. The maximum Gasteiger partial charge on any atom is 0.241 e. The van der Waals surface area contributed by atoms with Crippen LogP contribution in [0.25, 0.3) is 0 Å². The highest BCUT2D eigenvalue weighted by atomic mass is 79.9. The number of piperidine rings is 1. The van der Waals surface area contributed by atoms with Gasteiger partial charge in [-0.25, -0.2) is 8.42 Å². The number of nitrogens with one attached hydrogen (secondary N) is 2. The van der Waals surface area contributed by atoms with Gasteiger partial charge in [0.25, 0.3) is 0 Å². The number of halogens is 1. The van der Waals surface area contributed by atoms with E-state index in [4.69, 9.17) is 0 Å². The molecule has 1 aliphatic rings. The van der Waals surface area contributed by atoms with Crippen molar-refractivity contribution >= 4 is 31.9 Å². The van der Waals surface area contributed by atoms with Gasteiger partial charge in [-0.1, -0.05) is 36.7 Å². The van der Waals surface area contributed by atoms with E-state index in [1.54, 1.807) is 12.1 Å². The summed E-state index contributed by atoms with van der Waals surface area (Å²) in [7, 11) is -3.76. The molecule has 0 radical (unpaired) electrons. The molecule has 1 aliphatic heterocycles. The van der Waals surface area contributed by atoms with Gasteiger partial charge in [-0.15, -0.1) is 0 Å². The summed E-state index contributed by atoms with van der Waals surface area (Å²) in [5, 5.41) is 2.90. The van der Waals surface area contributed by atoms with Crippen molar-refractivity contribution in [3.05, 3.63) is 28.7 Å². The first-order valence-corrected chi connectivity index (χ1v) is 12.7. The number of rotatable bonds is 10. The largest absolute Gasteiger partial charge is 0.355 e. The van der Waals surface area contributed by atoms with Gasteiger partial charge < -0.3 is 10.2 Å². The predicted molar refractivity (Wildman–Crippen MR) is 120 cm³/mol. The maximum absolute atomic E-state index is 12.6. The molecule has 2 N–H and O–H groups in total. The van der Waals surface area contributed by atoms with Crippen molar-refractivity contribution in [1.29, 1.82) is 0 Å². The molecule has 1 aromatic rings. The Balaban J connectivity index is 1.80. The first-order valence-electron chi connectivity index (χ1n) is 10.5. The van der Waals surface area contributed by atoms with Gasteiger partial charge in [0.05, 0.1) is 4.90 Å². The molecule has 1 heterocycles. The summed E-state index contributed by atoms with van der Waals surface area (Å²) >= 11 is 3.30. The summed E-state index contributed by atoms with van der Waals surface area (Å²) in [6.45, 7) is 9.94. The molecule has 0 aromatic heterocycles. The monoisotopic (exact) mass is 487 g/mol. The van der Waals surface area contributed by atoms with Crippen LogP contribution in [0, 0.1) is 11.8 Å². The molecule has 0 aliphatic carbocycles. The quantitative estimate of drug-likeness (QED) is 0.495. The summed E-state index contributed by atoms with van der Waals surface area (Å²) in [5.74, 6) is 0.344. The molecule has 6 nitrogen and oxygen atoms in total. The molecule has 0 bridgehead atoms. The van der Waals surface area contributed by atoms with E-state index < -0.39 is 16.1 Å². The van der Waals surface area contributed by atoms with Crippen LogP contribution in [-0.2, 0) is 14.8 Å². The van der Waals surface area contributed by atoms with E-state index >= 15 is 0 Å². The molecule has 8 heteroatoms. The lowest BCUT2D eigenvalue weighted by atomic mass is 10.0. The summed E-state index contributed by atoms with van der Waals surface area (Å²) < 4.78 is 28.6. The highest BCUT2D eigenvalue weighted by Crippen LogP contribution is 2.17. The highest BCUT2D eigenvalue weighted by molar-refractivity contribution is 9.10. The van der Waals surface area contributed by atoms with Crippen molar-refractivity contribution in [2.45, 2.75) is 57.4 Å². The fourth-order valence-corrected chi connectivity index (χ4v) is 5.22. The standard InChI is InChI=1S/C21H34BrN3O3S/c1-16(2)20(24-29(27,28)19-10-8-18(22)9-11-19)21(26)23-12-4-5-13-25-14-6-7-17(3)15-25/h8-11,16-17,20,24H,4-7,12-15H2,1-3H3,(H,23,26)/t17?,20-/m0/s1. The van der Waals surface area contributed by atoms with Gasteiger partial charge in [0, 0.05) is 17.6 Å². The fourth-order valence-electron chi connectivity index (χ4n) is 3.61. The fraction of sp³-hybridized carbons (Fsp3) is 0.667. The zero-order valence-electron chi connectivity index (χ0n) is 17.7. The molecule has 2 atom stereocenters. The van der Waals surface area contributed by atoms with Crippen LogP contribution in [0.5, 0.6) is 0 Å².